The highest BCUT2D eigenvalue weighted by atomic mass is 19.1. The molecule has 2 fully saturated rings. The molecule has 3 heterocycles. The van der Waals surface area contributed by atoms with Gasteiger partial charge in [-0.25, -0.2) is 14.6 Å². The number of hydrogen-bond acceptors (Lipinski definition) is 10. The van der Waals surface area contributed by atoms with Gasteiger partial charge in [0.25, 0.3) is 0 Å². The first-order chi connectivity index (χ1) is 19.1. The second-order valence-corrected chi connectivity index (χ2v) is 9.53. The number of esters is 1. The Morgan fingerprint density at radius 3 is 2.08 bits per heavy atom. The van der Waals surface area contributed by atoms with E-state index in [1.807, 2.05) is 0 Å². The van der Waals surface area contributed by atoms with Crippen LogP contribution in [0, 0.1) is 5.82 Å². The van der Waals surface area contributed by atoms with Crippen LogP contribution in [0.4, 0.5) is 22.2 Å². The summed E-state index contributed by atoms with van der Waals surface area (Å²) in [5, 5.41) is 4.34. The smallest absolute Gasteiger partial charge is 0.343 e. The lowest BCUT2D eigenvalue weighted by atomic mass is 10.1. The molecule has 11 heteroatoms. The van der Waals surface area contributed by atoms with Gasteiger partial charge in [-0.1, -0.05) is 0 Å². The van der Waals surface area contributed by atoms with E-state index in [4.69, 9.17) is 14.5 Å². The van der Waals surface area contributed by atoms with E-state index in [0.29, 0.717) is 29.2 Å². The second-order valence-electron chi connectivity index (χ2n) is 9.53. The SMILES string of the molecule is COc1cc(/C=N\Nc2nc(N3CCCCC3)nc(N3CCCCC3)n2)ccc1OC(=O)c1ccc(F)cc1. The molecule has 39 heavy (non-hydrogen) atoms. The molecular weight excluding hydrogens is 501 g/mol. The van der Waals surface area contributed by atoms with Crippen molar-refractivity contribution in [1.29, 1.82) is 0 Å². The molecule has 0 aliphatic carbocycles. The number of hydrogen-bond donors (Lipinski definition) is 1. The third kappa shape index (κ3) is 6.78. The van der Waals surface area contributed by atoms with Gasteiger partial charge >= 0.3 is 5.97 Å². The van der Waals surface area contributed by atoms with Crippen LogP contribution >= 0.6 is 0 Å². The number of nitrogens with zero attached hydrogens (tertiary/aromatic N) is 6. The molecule has 3 aromatic rings. The van der Waals surface area contributed by atoms with Crippen molar-refractivity contribution in [1.82, 2.24) is 15.0 Å². The van der Waals surface area contributed by atoms with Gasteiger partial charge in [-0.3, -0.25) is 0 Å². The number of hydrazone groups is 1. The topological polar surface area (TPSA) is 105 Å². The van der Waals surface area contributed by atoms with E-state index in [9.17, 15) is 9.18 Å². The van der Waals surface area contributed by atoms with Gasteiger partial charge in [0.15, 0.2) is 11.5 Å². The van der Waals surface area contributed by atoms with Crippen molar-refractivity contribution in [3.63, 3.8) is 0 Å². The number of nitrogens with one attached hydrogen (secondary N) is 1. The molecule has 2 aromatic carbocycles. The summed E-state index contributed by atoms with van der Waals surface area (Å²) >= 11 is 0. The third-order valence-corrected chi connectivity index (χ3v) is 6.74. The van der Waals surface area contributed by atoms with E-state index in [1.165, 1.54) is 44.2 Å². The van der Waals surface area contributed by atoms with Crippen molar-refractivity contribution < 1.29 is 18.7 Å². The molecule has 0 unspecified atom stereocenters. The Bertz CT molecular complexity index is 1270. The number of benzene rings is 2. The average molecular weight is 534 g/mol. The number of piperidine rings is 2. The van der Waals surface area contributed by atoms with Crippen LogP contribution < -0.4 is 24.7 Å². The molecule has 2 aliphatic heterocycles. The van der Waals surface area contributed by atoms with Gasteiger partial charge in [-0.2, -0.15) is 20.1 Å². The summed E-state index contributed by atoms with van der Waals surface area (Å²) in [5.41, 5.74) is 3.90. The van der Waals surface area contributed by atoms with Crippen molar-refractivity contribution in [2.75, 3.05) is 48.5 Å². The predicted molar refractivity (Wildman–Crippen MR) is 148 cm³/mol. The fraction of sp³-hybridized carbons (Fsp3) is 0.393. The molecule has 204 valence electrons. The zero-order valence-corrected chi connectivity index (χ0v) is 22.0. The maximum Gasteiger partial charge on any atom is 0.343 e. The molecule has 0 amide bonds. The molecule has 2 aliphatic rings. The number of methoxy groups -OCH3 is 1. The fourth-order valence-electron chi connectivity index (χ4n) is 4.63. The maximum absolute atomic E-state index is 13.2. The molecule has 10 nitrogen and oxygen atoms in total. The first kappa shape index (κ1) is 26.3. The molecule has 0 radical (unpaired) electrons. The summed E-state index contributed by atoms with van der Waals surface area (Å²) < 4.78 is 24.0. The molecule has 0 bridgehead atoms. The minimum absolute atomic E-state index is 0.235. The number of anilines is 3. The zero-order chi connectivity index (χ0) is 27.0. The molecule has 1 aromatic heterocycles. The number of halogens is 1. The lowest BCUT2D eigenvalue weighted by Gasteiger charge is -2.30. The highest BCUT2D eigenvalue weighted by Crippen LogP contribution is 2.29. The van der Waals surface area contributed by atoms with E-state index in [-0.39, 0.29) is 11.3 Å². The number of carbonyl (C=O) groups is 1. The Balaban J connectivity index is 1.30. The van der Waals surface area contributed by atoms with E-state index < -0.39 is 11.8 Å². The summed E-state index contributed by atoms with van der Waals surface area (Å²) in [6.45, 7) is 3.74. The highest BCUT2D eigenvalue weighted by molar-refractivity contribution is 5.91. The van der Waals surface area contributed by atoms with Gasteiger partial charge < -0.3 is 19.3 Å². The highest BCUT2D eigenvalue weighted by Gasteiger charge is 2.20. The van der Waals surface area contributed by atoms with E-state index in [0.717, 1.165) is 51.9 Å². The second kappa shape index (κ2) is 12.5. The van der Waals surface area contributed by atoms with Gasteiger partial charge in [0.2, 0.25) is 17.8 Å². The van der Waals surface area contributed by atoms with Gasteiger partial charge in [-0.05, 0) is 86.6 Å². The minimum Gasteiger partial charge on any atom is -0.493 e. The summed E-state index contributed by atoms with van der Waals surface area (Å²) in [4.78, 5) is 30.9. The normalized spacial score (nSPS) is 15.8. The van der Waals surface area contributed by atoms with E-state index in [1.54, 1.807) is 24.4 Å². The first-order valence-electron chi connectivity index (χ1n) is 13.3. The van der Waals surface area contributed by atoms with E-state index in [2.05, 4.69) is 30.3 Å². The van der Waals surface area contributed by atoms with Crippen LogP contribution in [0.3, 0.4) is 0 Å². The Morgan fingerprint density at radius 2 is 1.49 bits per heavy atom. The quantitative estimate of drug-likeness (QED) is 0.191. The molecular formula is C28H32FN7O3. The van der Waals surface area contributed by atoms with Crippen LogP contribution in [0.1, 0.15) is 54.4 Å². The minimum atomic E-state index is -0.611. The number of ether oxygens (including phenoxy) is 2. The zero-order valence-electron chi connectivity index (χ0n) is 22.0. The van der Waals surface area contributed by atoms with Crippen LogP contribution in [0.15, 0.2) is 47.6 Å². The molecule has 5 rings (SSSR count). The van der Waals surface area contributed by atoms with E-state index >= 15 is 0 Å². The van der Waals surface area contributed by atoms with Crippen molar-refractivity contribution in [2.24, 2.45) is 5.10 Å². The Labute approximate surface area is 226 Å². The lowest BCUT2D eigenvalue weighted by Crippen LogP contribution is -2.34. The summed E-state index contributed by atoms with van der Waals surface area (Å²) in [7, 11) is 1.48. The average Bonchev–Trinajstić information content (AvgIpc) is 2.99. The number of aromatic nitrogens is 3. The van der Waals surface area contributed by atoms with Crippen molar-refractivity contribution >= 4 is 30.0 Å². The van der Waals surface area contributed by atoms with Crippen molar-refractivity contribution in [2.45, 2.75) is 38.5 Å². The largest absolute Gasteiger partial charge is 0.493 e. The fourth-order valence-corrected chi connectivity index (χ4v) is 4.63. The van der Waals surface area contributed by atoms with Gasteiger partial charge in [0.05, 0.1) is 18.9 Å². The van der Waals surface area contributed by atoms with Crippen LogP contribution in [-0.4, -0.2) is 60.4 Å². The van der Waals surface area contributed by atoms with Crippen molar-refractivity contribution in [3.8, 4) is 11.5 Å². The number of carbonyl (C=O) groups excluding carboxylic acids is 1. The lowest BCUT2D eigenvalue weighted by molar-refractivity contribution is 0.0729. The standard InChI is InChI=1S/C28H32FN7O3/c1-38-24-18-20(8-13-23(24)39-25(37)21-9-11-22(29)12-10-21)19-30-34-26-31-27(35-14-4-2-5-15-35)33-28(32-26)36-16-6-3-7-17-36/h8-13,18-19H,2-7,14-17H2,1H3,(H,31,32,33,34)/b30-19-. The summed E-state index contributed by atoms with van der Waals surface area (Å²) in [6.07, 6.45) is 8.57. The predicted octanol–water partition coefficient (Wildman–Crippen LogP) is 4.67. The molecule has 0 saturated carbocycles. The first-order valence-corrected chi connectivity index (χ1v) is 13.3. The monoisotopic (exact) mass is 533 g/mol. The summed E-state index contributed by atoms with van der Waals surface area (Å²) in [6, 6.07) is 10.2. The third-order valence-electron chi connectivity index (χ3n) is 6.74. The molecule has 0 spiro atoms. The van der Waals surface area contributed by atoms with Gasteiger partial charge in [-0.15, -0.1) is 0 Å². The Kier molecular flexibility index (Phi) is 8.45. The number of rotatable bonds is 8. The summed E-state index contributed by atoms with van der Waals surface area (Å²) in [5.74, 6) is 1.30. The van der Waals surface area contributed by atoms with Crippen LogP contribution in [0.25, 0.3) is 0 Å². The van der Waals surface area contributed by atoms with Gasteiger partial charge in [0.1, 0.15) is 5.82 Å². The van der Waals surface area contributed by atoms with Crippen molar-refractivity contribution in [3.05, 3.63) is 59.4 Å². The molecule has 2 saturated heterocycles. The van der Waals surface area contributed by atoms with Crippen LogP contribution in [-0.2, 0) is 0 Å². The maximum atomic E-state index is 13.2. The van der Waals surface area contributed by atoms with Crippen LogP contribution in [0.5, 0.6) is 11.5 Å². The van der Waals surface area contributed by atoms with Gasteiger partial charge in [0, 0.05) is 26.2 Å². The Morgan fingerprint density at radius 1 is 0.872 bits per heavy atom. The van der Waals surface area contributed by atoms with Crippen LogP contribution in [0.2, 0.25) is 0 Å². The Hall–Kier alpha value is -4.28. The molecule has 1 N–H and O–H groups in total. The molecule has 0 atom stereocenters.